The van der Waals surface area contributed by atoms with Crippen LogP contribution in [0.2, 0.25) is 0 Å². The predicted octanol–water partition coefficient (Wildman–Crippen LogP) is 1.03. The lowest BCUT2D eigenvalue weighted by Crippen LogP contribution is -2.51. The Kier molecular flexibility index (Phi) is 4.11. The Morgan fingerprint density at radius 3 is 2.25 bits per heavy atom. The molecule has 0 bridgehead atoms. The number of rotatable bonds is 3. The smallest absolute Gasteiger partial charge is 0.323 e. The van der Waals surface area contributed by atoms with E-state index in [0.717, 1.165) is 9.80 Å². The monoisotopic (exact) mass is 380 g/mol. The number of nitrogens with zero attached hydrogens (tertiary/aromatic N) is 2. The molecule has 3 amide bonds. The van der Waals surface area contributed by atoms with Crippen LogP contribution in [-0.4, -0.2) is 56.3 Å². The van der Waals surface area contributed by atoms with Gasteiger partial charge in [0.05, 0.1) is 11.1 Å². The third-order valence-electron chi connectivity index (χ3n) is 5.02. The van der Waals surface area contributed by atoms with Gasteiger partial charge in [-0.15, -0.1) is 0 Å². The van der Waals surface area contributed by atoms with E-state index in [1.54, 1.807) is 18.2 Å². The minimum Gasteiger partial charge on any atom is -0.508 e. The van der Waals surface area contributed by atoms with Crippen molar-refractivity contribution in [3.05, 3.63) is 64.7 Å². The van der Waals surface area contributed by atoms with E-state index in [2.05, 4.69) is 0 Å². The van der Waals surface area contributed by atoms with Gasteiger partial charge in [-0.25, -0.2) is 0 Å². The highest BCUT2D eigenvalue weighted by Crippen LogP contribution is 2.30. The molecule has 2 heterocycles. The summed E-state index contributed by atoms with van der Waals surface area (Å²) in [6.45, 7) is -0.609. The number of aliphatic carboxylic acids is 1. The van der Waals surface area contributed by atoms with Crippen LogP contribution in [-0.2, 0) is 22.6 Å². The average molecular weight is 380 g/mol. The van der Waals surface area contributed by atoms with Gasteiger partial charge in [0.1, 0.15) is 18.3 Å². The Hall–Kier alpha value is -3.68. The summed E-state index contributed by atoms with van der Waals surface area (Å²) in [5.74, 6) is -2.99. The lowest BCUT2D eigenvalue weighted by Gasteiger charge is -2.28. The second-order valence-corrected chi connectivity index (χ2v) is 6.79. The maximum absolute atomic E-state index is 13.1. The molecule has 2 aliphatic heterocycles. The normalized spacial score (nSPS) is 18.7. The van der Waals surface area contributed by atoms with Gasteiger partial charge in [0, 0.05) is 13.0 Å². The van der Waals surface area contributed by atoms with E-state index in [1.807, 2.05) is 0 Å². The number of hydrogen-bond donors (Lipinski definition) is 2. The molecule has 2 N–H and O–H groups in total. The van der Waals surface area contributed by atoms with Gasteiger partial charge in [-0.2, -0.15) is 0 Å². The van der Waals surface area contributed by atoms with E-state index in [1.165, 1.54) is 24.3 Å². The van der Waals surface area contributed by atoms with E-state index in [9.17, 15) is 29.4 Å². The van der Waals surface area contributed by atoms with Crippen LogP contribution in [0.3, 0.4) is 0 Å². The second-order valence-electron chi connectivity index (χ2n) is 6.79. The first-order valence-electron chi connectivity index (χ1n) is 8.65. The molecule has 28 heavy (non-hydrogen) atoms. The number of amides is 3. The molecule has 0 saturated heterocycles. The van der Waals surface area contributed by atoms with Crippen molar-refractivity contribution >= 4 is 23.7 Å². The van der Waals surface area contributed by atoms with Gasteiger partial charge in [0.15, 0.2) is 0 Å². The molecule has 142 valence electrons. The van der Waals surface area contributed by atoms with E-state index in [4.69, 9.17) is 0 Å². The van der Waals surface area contributed by atoms with Gasteiger partial charge < -0.3 is 15.1 Å². The Bertz CT molecular complexity index is 996. The lowest BCUT2D eigenvalue weighted by molar-refractivity contribution is -0.146. The fourth-order valence-corrected chi connectivity index (χ4v) is 3.74. The molecular formula is C20H16N2O6. The van der Waals surface area contributed by atoms with Crippen LogP contribution in [0.25, 0.3) is 0 Å². The zero-order valence-electron chi connectivity index (χ0n) is 14.7. The number of phenols is 1. The van der Waals surface area contributed by atoms with Gasteiger partial charge in [-0.3, -0.25) is 24.1 Å². The summed E-state index contributed by atoms with van der Waals surface area (Å²) in [4.78, 5) is 52.0. The summed E-state index contributed by atoms with van der Waals surface area (Å²) >= 11 is 0. The highest BCUT2D eigenvalue weighted by Gasteiger charge is 2.45. The fraction of sp³-hybridized carbons (Fsp3) is 0.200. The fourth-order valence-electron chi connectivity index (χ4n) is 3.74. The molecule has 8 nitrogen and oxygen atoms in total. The van der Waals surface area contributed by atoms with E-state index in [-0.39, 0.29) is 29.8 Å². The maximum Gasteiger partial charge on any atom is 0.323 e. The maximum atomic E-state index is 13.1. The number of hydrogen-bond acceptors (Lipinski definition) is 5. The first-order valence-corrected chi connectivity index (χ1v) is 8.65. The van der Waals surface area contributed by atoms with Crippen LogP contribution in [0.5, 0.6) is 5.75 Å². The number of carbonyl (C=O) groups excluding carboxylic acids is 3. The number of fused-ring (bicyclic) bond motifs is 2. The molecule has 1 atom stereocenters. The second kappa shape index (κ2) is 6.49. The summed E-state index contributed by atoms with van der Waals surface area (Å²) in [5, 5.41) is 18.9. The summed E-state index contributed by atoms with van der Waals surface area (Å²) in [6.07, 6.45) is 0.0516. The standard InChI is InChI=1S/C20H16N2O6/c23-13-6-5-11-8-16(20(28)21(10-17(24)25)9-12(11)7-13)22-18(26)14-3-1-2-4-15(14)19(22)27/h1-7,16,23H,8-10H2,(H,24,25). The highest BCUT2D eigenvalue weighted by atomic mass is 16.4. The number of benzene rings is 2. The van der Waals surface area contributed by atoms with Crippen molar-refractivity contribution in [2.24, 2.45) is 0 Å². The van der Waals surface area contributed by atoms with E-state index >= 15 is 0 Å². The minimum atomic E-state index is -1.21. The minimum absolute atomic E-state index is 0.0133. The lowest BCUT2D eigenvalue weighted by atomic mass is 10.0. The molecule has 2 aliphatic rings. The molecule has 4 rings (SSSR count). The Labute approximate surface area is 159 Å². The molecule has 0 spiro atoms. The number of carboxylic acids is 1. The molecule has 8 heteroatoms. The zero-order valence-corrected chi connectivity index (χ0v) is 14.7. The van der Waals surface area contributed by atoms with Crippen LogP contribution < -0.4 is 0 Å². The summed E-state index contributed by atoms with van der Waals surface area (Å²) in [6, 6.07) is 9.70. The molecule has 0 radical (unpaired) electrons. The van der Waals surface area contributed by atoms with Gasteiger partial charge in [-0.05, 0) is 35.4 Å². The number of phenolic OH excluding ortho intramolecular Hbond substituents is 1. The van der Waals surface area contributed by atoms with E-state index in [0.29, 0.717) is 11.1 Å². The highest BCUT2D eigenvalue weighted by molar-refractivity contribution is 6.22. The molecule has 0 saturated carbocycles. The largest absolute Gasteiger partial charge is 0.508 e. The molecule has 2 aromatic carbocycles. The third-order valence-corrected chi connectivity index (χ3v) is 5.02. The van der Waals surface area contributed by atoms with Crippen molar-refractivity contribution in [3.63, 3.8) is 0 Å². The molecule has 0 aliphatic carbocycles. The topological polar surface area (TPSA) is 115 Å². The van der Waals surface area contributed by atoms with Crippen molar-refractivity contribution in [3.8, 4) is 5.75 Å². The number of carbonyl (C=O) groups is 4. The molecule has 1 unspecified atom stereocenters. The molecule has 0 aromatic heterocycles. The van der Waals surface area contributed by atoms with Crippen LogP contribution in [0.1, 0.15) is 31.8 Å². The van der Waals surface area contributed by atoms with Crippen LogP contribution >= 0.6 is 0 Å². The van der Waals surface area contributed by atoms with Gasteiger partial charge in [0.2, 0.25) is 5.91 Å². The zero-order chi connectivity index (χ0) is 20.0. The van der Waals surface area contributed by atoms with Crippen molar-refractivity contribution in [1.29, 1.82) is 0 Å². The Morgan fingerprint density at radius 1 is 1.00 bits per heavy atom. The van der Waals surface area contributed by atoms with E-state index < -0.39 is 36.3 Å². The number of aromatic hydroxyl groups is 1. The first-order chi connectivity index (χ1) is 13.4. The van der Waals surface area contributed by atoms with Crippen LogP contribution in [0, 0.1) is 0 Å². The van der Waals surface area contributed by atoms with Crippen LogP contribution in [0.4, 0.5) is 0 Å². The van der Waals surface area contributed by atoms with Gasteiger partial charge in [-0.1, -0.05) is 18.2 Å². The first kappa shape index (κ1) is 17.7. The quantitative estimate of drug-likeness (QED) is 0.769. The van der Waals surface area contributed by atoms with Crippen molar-refractivity contribution in [2.45, 2.75) is 19.0 Å². The number of imide groups is 1. The van der Waals surface area contributed by atoms with Crippen molar-refractivity contribution < 1.29 is 29.4 Å². The SMILES string of the molecule is O=C(O)CN1Cc2cc(O)ccc2CC(N2C(=O)c3ccccc3C2=O)C1=O. The summed E-state index contributed by atoms with van der Waals surface area (Å²) in [5.41, 5.74) is 1.69. The van der Waals surface area contributed by atoms with Crippen molar-refractivity contribution in [1.82, 2.24) is 9.80 Å². The summed E-state index contributed by atoms with van der Waals surface area (Å²) < 4.78 is 0. The molecule has 2 aromatic rings. The Morgan fingerprint density at radius 2 is 1.64 bits per heavy atom. The predicted molar refractivity (Wildman–Crippen MR) is 95.6 cm³/mol. The van der Waals surface area contributed by atoms with Gasteiger partial charge >= 0.3 is 5.97 Å². The Balaban J connectivity index is 1.78. The molecular weight excluding hydrogens is 364 g/mol. The number of carboxylic acid groups (broad SMARTS) is 1. The van der Waals surface area contributed by atoms with Crippen molar-refractivity contribution in [2.75, 3.05) is 6.54 Å². The summed E-state index contributed by atoms with van der Waals surface area (Å²) in [7, 11) is 0. The molecule has 0 fully saturated rings. The third kappa shape index (κ3) is 2.79. The average Bonchev–Trinajstić information content (AvgIpc) is 2.83. The van der Waals surface area contributed by atoms with Gasteiger partial charge in [0.25, 0.3) is 11.8 Å². The van der Waals surface area contributed by atoms with Crippen LogP contribution in [0.15, 0.2) is 42.5 Å².